The first-order valence-electron chi connectivity index (χ1n) is 6.28. The van der Waals surface area contributed by atoms with Crippen molar-refractivity contribution in [3.63, 3.8) is 0 Å². The molecule has 0 fully saturated rings. The molecule has 3 heteroatoms. The van der Waals surface area contributed by atoms with E-state index in [1.54, 1.807) is 10.4 Å². The zero-order valence-electron chi connectivity index (χ0n) is 10.1. The van der Waals surface area contributed by atoms with Gasteiger partial charge in [-0.2, -0.15) is 0 Å². The number of rotatable bonds is 4. The summed E-state index contributed by atoms with van der Waals surface area (Å²) in [4.78, 5) is 1.58. The van der Waals surface area contributed by atoms with Crippen LogP contribution in [0.15, 0.2) is 9.85 Å². The molecule has 90 valence electrons. The van der Waals surface area contributed by atoms with Crippen LogP contribution in [0.5, 0.6) is 0 Å². The van der Waals surface area contributed by atoms with Gasteiger partial charge in [-0.05, 0) is 59.7 Å². The van der Waals surface area contributed by atoms with Gasteiger partial charge in [-0.15, -0.1) is 11.3 Å². The van der Waals surface area contributed by atoms with Gasteiger partial charge >= 0.3 is 0 Å². The second-order valence-electron chi connectivity index (χ2n) is 4.55. The minimum absolute atomic E-state index is 0.594. The van der Waals surface area contributed by atoms with Crippen LogP contribution < -0.4 is 5.32 Å². The molecular weight excluding hydrogens is 282 g/mol. The second kappa shape index (κ2) is 5.65. The van der Waals surface area contributed by atoms with Crippen LogP contribution in [0.2, 0.25) is 0 Å². The summed E-state index contributed by atoms with van der Waals surface area (Å²) in [5.41, 5.74) is 1.55. The van der Waals surface area contributed by atoms with E-state index in [0.29, 0.717) is 12.1 Å². The van der Waals surface area contributed by atoms with Crippen LogP contribution in [0.4, 0.5) is 0 Å². The zero-order valence-corrected chi connectivity index (χ0v) is 12.5. The van der Waals surface area contributed by atoms with Gasteiger partial charge in [0.15, 0.2) is 0 Å². The van der Waals surface area contributed by atoms with Gasteiger partial charge in [0.05, 0.1) is 3.79 Å². The van der Waals surface area contributed by atoms with E-state index in [0.717, 1.165) is 0 Å². The fourth-order valence-corrected chi connectivity index (χ4v) is 4.32. The van der Waals surface area contributed by atoms with Crippen molar-refractivity contribution < 1.29 is 0 Å². The monoisotopic (exact) mass is 301 g/mol. The lowest BCUT2D eigenvalue weighted by atomic mass is 9.93. The highest BCUT2D eigenvalue weighted by Gasteiger charge is 2.23. The molecule has 0 aromatic carbocycles. The van der Waals surface area contributed by atoms with Crippen LogP contribution in [0.1, 0.15) is 56.0 Å². The minimum Gasteiger partial charge on any atom is -0.307 e. The predicted molar refractivity (Wildman–Crippen MR) is 75.2 cm³/mol. The second-order valence-corrected chi connectivity index (χ2v) is 7.07. The van der Waals surface area contributed by atoms with Crippen LogP contribution in [0, 0.1) is 0 Å². The average molecular weight is 302 g/mol. The Balaban J connectivity index is 2.12. The molecule has 1 aromatic rings. The Hall–Kier alpha value is 0.140. The first-order chi connectivity index (χ1) is 7.74. The molecule has 1 nitrogen and oxygen atoms in total. The number of hydrogen-bond acceptors (Lipinski definition) is 2. The molecule has 1 aliphatic rings. The molecule has 16 heavy (non-hydrogen) atoms. The summed E-state index contributed by atoms with van der Waals surface area (Å²) < 4.78 is 1.29. The van der Waals surface area contributed by atoms with Gasteiger partial charge in [-0.3, -0.25) is 0 Å². The van der Waals surface area contributed by atoms with Crippen LogP contribution in [-0.4, -0.2) is 6.04 Å². The number of thiophene rings is 1. The van der Waals surface area contributed by atoms with Gasteiger partial charge < -0.3 is 5.32 Å². The summed E-state index contributed by atoms with van der Waals surface area (Å²) in [7, 11) is 0. The molecular formula is C13H20BrNS. The number of nitrogens with one attached hydrogen (secondary N) is 1. The maximum absolute atomic E-state index is 3.81. The van der Waals surface area contributed by atoms with Gasteiger partial charge in [-0.25, -0.2) is 0 Å². The van der Waals surface area contributed by atoms with E-state index in [1.165, 1.54) is 35.9 Å². The van der Waals surface area contributed by atoms with Crippen LogP contribution in [0.3, 0.4) is 0 Å². The van der Waals surface area contributed by atoms with Gasteiger partial charge in [0.2, 0.25) is 0 Å². The SMILES string of the molecule is CCC(CC)NC1CCCc2sc(Br)cc21. The molecule has 0 bridgehead atoms. The number of aryl methyl sites for hydroxylation is 1. The normalized spacial score (nSPS) is 20.1. The zero-order chi connectivity index (χ0) is 11.5. The fourth-order valence-electron chi connectivity index (χ4n) is 2.50. The Bertz CT molecular complexity index is 344. The third-order valence-corrected chi connectivity index (χ3v) is 5.22. The van der Waals surface area contributed by atoms with Gasteiger partial charge in [0, 0.05) is 17.0 Å². The van der Waals surface area contributed by atoms with Crippen molar-refractivity contribution in [3.8, 4) is 0 Å². The van der Waals surface area contributed by atoms with Crippen molar-refractivity contribution in [2.75, 3.05) is 0 Å². The van der Waals surface area contributed by atoms with Gasteiger partial charge in [0.25, 0.3) is 0 Å². The van der Waals surface area contributed by atoms with E-state index >= 15 is 0 Å². The Labute approximate surface area is 111 Å². The molecule has 1 aliphatic carbocycles. The van der Waals surface area contributed by atoms with Crippen molar-refractivity contribution in [2.24, 2.45) is 0 Å². The summed E-state index contributed by atoms with van der Waals surface area (Å²) in [6, 6.07) is 3.59. The average Bonchev–Trinajstić information content (AvgIpc) is 2.67. The van der Waals surface area contributed by atoms with Gasteiger partial charge in [0.1, 0.15) is 0 Å². The molecule has 1 N–H and O–H groups in total. The summed E-state index contributed by atoms with van der Waals surface area (Å²) in [5, 5.41) is 3.81. The van der Waals surface area contributed by atoms with E-state index in [9.17, 15) is 0 Å². The highest BCUT2D eigenvalue weighted by atomic mass is 79.9. The molecule has 1 atom stereocenters. The summed E-state index contributed by atoms with van der Waals surface area (Å²) in [6.07, 6.45) is 6.36. The summed E-state index contributed by atoms with van der Waals surface area (Å²) in [5.74, 6) is 0. The topological polar surface area (TPSA) is 12.0 Å². The maximum Gasteiger partial charge on any atom is 0.0704 e. The number of hydrogen-bond donors (Lipinski definition) is 1. The van der Waals surface area contributed by atoms with Crippen molar-refractivity contribution >= 4 is 27.3 Å². The van der Waals surface area contributed by atoms with Crippen LogP contribution in [0.25, 0.3) is 0 Å². The lowest BCUT2D eigenvalue weighted by Gasteiger charge is -2.28. The smallest absolute Gasteiger partial charge is 0.0704 e. The molecule has 0 radical (unpaired) electrons. The fraction of sp³-hybridized carbons (Fsp3) is 0.692. The Kier molecular flexibility index (Phi) is 4.45. The lowest BCUT2D eigenvalue weighted by molar-refractivity contribution is 0.381. The predicted octanol–water partition coefficient (Wildman–Crippen LogP) is 4.67. The Morgan fingerprint density at radius 3 is 2.94 bits per heavy atom. The molecule has 0 saturated heterocycles. The van der Waals surface area contributed by atoms with Crippen LogP contribution in [-0.2, 0) is 6.42 Å². The molecule has 2 rings (SSSR count). The summed E-state index contributed by atoms with van der Waals surface area (Å²) >= 11 is 5.52. The number of fused-ring (bicyclic) bond motifs is 1. The molecule has 0 amide bonds. The highest BCUT2D eigenvalue weighted by Crippen LogP contribution is 2.38. The van der Waals surface area contributed by atoms with Crippen LogP contribution >= 0.6 is 27.3 Å². The summed E-state index contributed by atoms with van der Waals surface area (Å²) in [6.45, 7) is 4.54. The van der Waals surface area contributed by atoms with Crippen molar-refractivity contribution in [1.82, 2.24) is 5.32 Å². The Morgan fingerprint density at radius 1 is 1.50 bits per heavy atom. The van der Waals surface area contributed by atoms with E-state index in [1.807, 2.05) is 11.3 Å². The molecule has 1 heterocycles. The van der Waals surface area contributed by atoms with E-state index < -0.39 is 0 Å². The van der Waals surface area contributed by atoms with Gasteiger partial charge in [-0.1, -0.05) is 13.8 Å². The first-order valence-corrected chi connectivity index (χ1v) is 7.89. The third-order valence-electron chi connectivity index (χ3n) is 3.51. The Morgan fingerprint density at radius 2 is 2.25 bits per heavy atom. The molecule has 0 aliphatic heterocycles. The van der Waals surface area contributed by atoms with E-state index in [4.69, 9.17) is 0 Å². The van der Waals surface area contributed by atoms with E-state index in [-0.39, 0.29) is 0 Å². The quantitative estimate of drug-likeness (QED) is 0.852. The molecule has 0 saturated carbocycles. The molecule has 0 spiro atoms. The largest absolute Gasteiger partial charge is 0.307 e. The lowest BCUT2D eigenvalue weighted by Crippen LogP contribution is -2.33. The third kappa shape index (κ3) is 2.69. The standard InChI is InChI=1S/C13H20BrNS/c1-3-9(4-2)15-11-6-5-7-12-10(11)8-13(14)16-12/h8-9,11,15H,3-7H2,1-2H3. The van der Waals surface area contributed by atoms with E-state index in [2.05, 4.69) is 41.2 Å². The minimum atomic E-state index is 0.594. The molecule has 1 aromatic heterocycles. The molecule has 1 unspecified atom stereocenters. The highest BCUT2D eigenvalue weighted by molar-refractivity contribution is 9.11. The van der Waals surface area contributed by atoms with Crippen molar-refractivity contribution in [2.45, 2.75) is 58.0 Å². The van der Waals surface area contributed by atoms with Crippen molar-refractivity contribution in [1.29, 1.82) is 0 Å². The number of halogens is 1. The maximum atomic E-state index is 3.81. The first kappa shape index (κ1) is 12.6. The van der Waals surface area contributed by atoms with Crippen molar-refractivity contribution in [3.05, 3.63) is 20.3 Å².